The van der Waals surface area contributed by atoms with Crippen LogP contribution in [0.2, 0.25) is 0 Å². The smallest absolute Gasteiger partial charge is 0.180 e. The summed E-state index contributed by atoms with van der Waals surface area (Å²) in [4.78, 5) is 0.347. The zero-order valence-electron chi connectivity index (χ0n) is 8.90. The molecular formula is C10H16N2O2S. The fourth-order valence-corrected chi connectivity index (χ4v) is 2.21. The Hall–Kier alpha value is -1.07. The minimum atomic E-state index is -3.17. The normalized spacial score (nSPS) is 11.7. The highest BCUT2D eigenvalue weighted by molar-refractivity contribution is 7.92. The van der Waals surface area contributed by atoms with Crippen LogP contribution in [0.1, 0.15) is 13.8 Å². The second-order valence-electron chi connectivity index (χ2n) is 3.50. The Bertz CT molecular complexity index is 410. The standard InChI is InChI=1S/C10H16N2O2S/c1-8(2)15(13,14)10-5-3-9(4-6-10)12-7-11/h3-6,8,12H,7,11H2,1-2H3. The van der Waals surface area contributed by atoms with Gasteiger partial charge >= 0.3 is 0 Å². The Morgan fingerprint density at radius 2 is 1.80 bits per heavy atom. The summed E-state index contributed by atoms with van der Waals surface area (Å²) in [6, 6.07) is 6.60. The molecule has 0 aliphatic heterocycles. The maximum absolute atomic E-state index is 11.8. The van der Waals surface area contributed by atoms with Gasteiger partial charge in [-0.15, -0.1) is 0 Å². The van der Waals surface area contributed by atoms with Crippen molar-refractivity contribution in [3.05, 3.63) is 24.3 Å². The van der Waals surface area contributed by atoms with Gasteiger partial charge in [-0.05, 0) is 38.1 Å². The molecule has 0 bridgehead atoms. The predicted molar refractivity (Wildman–Crippen MR) is 61.4 cm³/mol. The quantitative estimate of drug-likeness (QED) is 0.759. The van der Waals surface area contributed by atoms with E-state index >= 15 is 0 Å². The van der Waals surface area contributed by atoms with Crippen LogP contribution in [0.5, 0.6) is 0 Å². The van der Waals surface area contributed by atoms with Crippen molar-refractivity contribution < 1.29 is 8.42 Å². The lowest BCUT2D eigenvalue weighted by atomic mass is 10.3. The Balaban J connectivity index is 2.99. The molecule has 0 unspecified atom stereocenters. The Labute approximate surface area is 90.4 Å². The highest BCUT2D eigenvalue weighted by Gasteiger charge is 2.18. The molecule has 1 rings (SSSR count). The average molecular weight is 228 g/mol. The van der Waals surface area contributed by atoms with Crippen molar-refractivity contribution in [3.8, 4) is 0 Å². The van der Waals surface area contributed by atoms with Crippen LogP contribution in [-0.4, -0.2) is 20.3 Å². The first kappa shape index (κ1) is 12.0. The number of hydrogen-bond acceptors (Lipinski definition) is 4. The predicted octanol–water partition coefficient (Wildman–Crippen LogP) is 1.20. The van der Waals surface area contributed by atoms with Crippen molar-refractivity contribution in [1.82, 2.24) is 0 Å². The summed E-state index contributed by atoms with van der Waals surface area (Å²) in [5.74, 6) is 0. The number of rotatable bonds is 4. The van der Waals surface area contributed by atoms with Crippen molar-refractivity contribution in [2.24, 2.45) is 5.73 Å². The Kier molecular flexibility index (Phi) is 3.71. The first-order valence-corrected chi connectivity index (χ1v) is 6.31. The van der Waals surface area contributed by atoms with Crippen LogP contribution < -0.4 is 11.1 Å². The third kappa shape index (κ3) is 2.70. The minimum absolute atomic E-state index is 0.330. The lowest BCUT2D eigenvalue weighted by molar-refractivity contribution is 0.587. The van der Waals surface area contributed by atoms with Gasteiger partial charge in [0.1, 0.15) is 0 Å². The molecule has 0 spiro atoms. The SMILES string of the molecule is CC(C)S(=O)(=O)c1ccc(NCN)cc1. The number of benzene rings is 1. The van der Waals surface area contributed by atoms with Gasteiger partial charge in [0.2, 0.25) is 0 Å². The van der Waals surface area contributed by atoms with E-state index in [0.29, 0.717) is 11.6 Å². The molecule has 5 heteroatoms. The van der Waals surface area contributed by atoms with E-state index in [1.165, 1.54) is 0 Å². The van der Waals surface area contributed by atoms with Gasteiger partial charge in [-0.2, -0.15) is 0 Å². The van der Waals surface area contributed by atoms with Gasteiger partial charge in [-0.1, -0.05) is 0 Å². The van der Waals surface area contributed by atoms with E-state index in [1.807, 2.05) is 0 Å². The van der Waals surface area contributed by atoms with Crippen molar-refractivity contribution >= 4 is 15.5 Å². The molecule has 84 valence electrons. The molecular weight excluding hydrogens is 212 g/mol. The van der Waals surface area contributed by atoms with Crippen LogP contribution in [0.25, 0.3) is 0 Å². The first-order chi connectivity index (χ1) is 6.98. The Morgan fingerprint density at radius 1 is 1.27 bits per heavy atom. The first-order valence-electron chi connectivity index (χ1n) is 4.76. The van der Waals surface area contributed by atoms with Crippen LogP contribution >= 0.6 is 0 Å². The summed E-state index contributed by atoms with van der Waals surface area (Å²) in [6.07, 6.45) is 0. The van der Waals surface area contributed by atoms with Crippen LogP contribution in [0.15, 0.2) is 29.2 Å². The third-order valence-electron chi connectivity index (χ3n) is 2.11. The van der Waals surface area contributed by atoms with Gasteiger partial charge < -0.3 is 11.1 Å². The van der Waals surface area contributed by atoms with Gasteiger partial charge in [-0.25, -0.2) is 8.42 Å². The monoisotopic (exact) mass is 228 g/mol. The van der Waals surface area contributed by atoms with E-state index in [2.05, 4.69) is 5.32 Å². The second-order valence-corrected chi connectivity index (χ2v) is 6.00. The number of nitrogens with one attached hydrogen (secondary N) is 1. The largest absolute Gasteiger partial charge is 0.373 e. The van der Waals surface area contributed by atoms with Crippen LogP contribution in [-0.2, 0) is 9.84 Å². The van der Waals surface area contributed by atoms with Gasteiger partial charge in [0, 0.05) is 5.69 Å². The van der Waals surface area contributed by atoms with E-state index in [-0.39, 0.29) is 0 Å². The lowest BCUT2D eigenvalue weighted by Gasteiger charge is -2.08. The summed E-state index contributed by atoms with van der Waals surface area (Å²) in [7, 11) is -3.17. The number of anilines is 1. The topological polar surface area (TPSA) is 72.2 Å². The molecule has 0 atom stereocenters. The minimum Gasteiger partial charge on any atom is -0.373 e. The number of hydrogen-bond donors (Lipinski definition) is 2. The number of nitrogens with two attached hydrogens (primary N) is 1. The zero-order chi connectivity index (χ0) is 11.5. The summed E-state index contributed by atoms with van der Waals surface area (Å²) < 4.78 is 23.5. The van der Waals surface area contributed by atoms with E-state index in [4.69, 9.17) is 5.73 Å². The van der Waals surface area contributed by atoms with Crippen LogP contribution in [0.3, 0.4) is 0 Å². The molecule has 1 aromatic rings. The van der Waals surface area contributed by atoms with Gasteiger partial charge in [0.05, 0.1) is 16.8 Å². The molecule has 0 aromatic heterocycles. The molecule has 4 nitrogen and oxygen atoms in total. The molecule has 0 saturated heterocycles. The van der Waals surface area contributed by atoms with E-state index in [1.54, 1.807) is 38.1 Å². The molecule has 15 heavy (non-hydrogen) atoms. The molecule has 0 saturated carbocycles. The van der Waals surface area contributed by atoms with Crippen molar-refractivity contribution in [3.63, 3.8) is 0 Å². The highest BCUT2D eigenvalue weighted by atomic mass is 32.2. The molecule has 0 heterocycles. The average Bonchev–Trinajstić information content (AvgIpc) is 2.19. The molecule has 0 radical (unpaired) electrons. The van der Waals surface area contributed by atoms with Gasteiger partial charge in [0.25, 0.3) is 0 Å². The van der Waals surface area contributed by atoms with E-state index < -0.39 is 15.1 Å². The maximum Gasteiger partial charge on any atom is 0.180 e. The molecule has 0 fully saturated rings. The Morgan fingerprint density at radius 3 is 2.20 bits per heavy atom. The van der Waals surface area contributed by atoms with Crippen LogP contribution in [0.4, 0.5) is 5.69 Å². The van der Waals surface area contributed by atoms with Crippen LogP contribution in [0, 0.1) is 0 Å². The highest BCUT2D eigenvalue weighted by Crippen LogP contribution is 2.18. The summed E-state index contributed by atoms with van der Waals surface area (Å²) in [6.45, 7) is 3.67. The molecule has 0 amide bonds. The lowest BCUT2D eigenvalue weighted by Crippen LogP contribution is -2.14. The fraction of sp³-hybridized carbons (Fsp3) is 0.400. The summed E-state index contributed by atoms with van der Waals surface area (Å²) in [5, 5.41) is 2.50. The zero-order valence-corrected chi connectivity index (χ0v) is 9.71. The summed E-state index contributed by atoms with van der Waals surface area (Å²) >= 11 is 0. The van der Waals surface area contributed by atoms with Crippen molar-refractivity contribution in [2.75, 3.05) is 12.0 Å². The fourth-order valence-electron chi connectivity index (χ4n) is 1.15. The van der Waals surface area contributed by atoms with Gasteiger partial charge in [0.15, 0.2) is 9.84 Å². The molecule has 1 aromatic carbocycles. The number of sulfone groups is 1. The van der Waals surface area contributed by atoms with Crippen molar-refractivity contribution in [2.45, 2.75) is 24.0 Å². The van der Waals surface area contributed by atoms with Crippen molar-refractivity contribution in [1.29, 1.82) is 0 Å². The maximum atomic E-state index is 11.8. The van der Waals surface area contributed by atoms with E-state index in [0.717, 1.165) is 5.69 Å². The molecule has 0 aliphatic rings. The third-order valence-corrected chi connectivity index (χ3v) is 4.28. The molecule has 0 aliphatic carbocycles. The second kappa shape index (κ2) is 4.63. The van der Waals surface area contributed by atoms with E-state index in [9.17, 15) is 8.42 Å². The summed E-state index contributed by atoms with van der Waals surface area (Å²) in [5.41, 5.74) is 6.12. The van der Waals surface area contributed by atoms with Gasteiger partial charge in [-0.3, -0.25) is 0 Å². The molecule has 3 N–H and O–H groups in total.